The number of aryl methyl sites for hydroxylation is 1. The van der Waals surface area contributed by atoms with Crippen LogP contribution in [0.5, 0.6) is 11.5 Å². The lowest BCUT2D eigenvalue weighted by Crippen LogP contribution is -2.31. The smallest absolute Gasteiger partial charge is 0.238 e. The summed E-state index contributed by atoms with van der Waals surface area (Å²) >= 11 is 6.03. The molecule has 0 aliphatic carbocycles. The molecule has 0 saturated heterocycles. The van der Waals surface area contributed by atoms with Crippen molar-refractivity contribution in [3.05, 3.63) is 53.1 Å². The normalized spacial score (nSPS) is 10.3. The molecule has 0 fully saturated rings. The molecule has 2 rings (SSSR count). The maximum atomic E-state index is 11.8. The van der Waals surface area contributed by atoms with Crippen LogP contribution in [0.1, 0.15) is 5.56 Å². The SMILES string of the molecule is COc1ccc(OCCNCC(=O)Nc2ccc(C)c(Cl)c2)cc1. The molecule has 2 aromatic rings. The van der Waals surface area contributed by atoms with E-state index in [1.165, 1.54) is 0 Å². The topological polar surface area (TPSA) is 59.6 Å². The Labute approximate surface area is 146 Å². The van der Waals surface area contributed by atoms with Gasteiger partial charge in [0.05, 0.1) is 13.7 Å². The quantitative estimate of drug-likeness (QED) is 0.719. The third-order valence-corrected chi connectivity index (χ3v) is 3.76. The monoisotopic (exact) mass is 348 g/mol. The maximum absolute atomic E-state index is 11.8. The number of benzene rings is 2. The summed E-state index contributed by atoms with van der Waals surface area (Å²) in [4.78, 5) is 11.8. The zero-order chi connectivity index (χ0) is 17.4. The first-order valence-electron chi connectivity index (χ1n) is 7.62. The lowest BCUT2D eigenvalue weighted by Gasteiger charge is -2.09. The van der Waals surface area contributed by atoms with E-state index in [1.807, 2.05) is 43.3 Å². The van der Waals surface area contributed by atoms with Crippen LogP contribution in [0.2, 0.25) is 5.02 Å². The lowest BCUT2D eigenvalue weighted by molar-refractivity contribution is -0.115. The van der Waals surface area contributed by atoms with Gasteiger partial charge in [-0.1, -0.05) is 17.7 Å². The number of rotatable bonds is 8. The van der Waals surface area contributed by atoms with Crippen molar-refractivity contribution in [3.8, 4) is 11.5 Å². The van der Waals surface area contributed by atoms with Gasteiger partial charge in [0.1, 0.15) is 18.1 Å². The molecule has 0 spiro atoms. The molecule has 0 aromatic heterocycles. The number of anilines is 1. The van der Waals surface area contributed by atoms with Gasteiger partial charge in [-0.15, -0.1) is 0 Å². The summed E-state index contributed by atoms with van der Waals surface area (Å²) in [5.41, 5.74) is 1.66. The van der Waals surface area contributed by atoms with Gasteiger partial charge in [-0.25, -0.2) is 0 Å². The van der Waals surface area contributed by atoms with Gasteiger partial charge in [-0.3, -0.25) is 4.79 Å². The van der Waals surface area contributed by atoms with Crippen LogP contribution in [0, 0.1) is 6.92 Å². The van der Waals surface area contributed by atoms with Crippen molar-refractivity contribution in [1.82, 2.24) is 5.32 Å². The van der Waals surface area contributed by atoms with Gasteiger partial charge >= 0.3 is 0 Å². The molecular formula is C18H21ClN2O3. The van der Waals surface area contributed by atoms with Gasteiger partial charge < -0.3 is 20.1 Å². The molecule has 0 saturated carbocycles. The standard InChI is InChI=1S/C18H21ClN2O3/c1-13-3-4-14(11-17(13)19)21-18(22)12-20-9-10-24-16-7-5-15(23-2)6-8-16/h3-8,11,20H,9-10,12H2,1-2H3,(H,21,22). The second-order valence-electron chi connectivity index (χ2n) is 5.21. The first-order valence-corrected chi connectivity index (χ1v) is 8.00. The summed E-state index contributed by atoms with van der Waals surface area (Å²) in [6.45, 7) is 3.15. The van der Waals surface area contributed by atoms with Crippen molar-refractivity contribution < 1.29 is 14.3 Å². The minimum absolute atomic E-state index is 0.126. The number of halogens is 1. The first kappa shape index (κ1) is 18.1. The molecule has 0 radical (unpaired) electrons. The minimum Gasteiger partial charge on any atom is -0.497 e. The second-order valence-corrected chi connectivity index (χ2v) is 5.62. The van der Waals surface area contributed by atoms with Crippen molar-refractivity contribution in [2.24, 2.45) is 0 Å². The van der Waals surface area contributed by atoms with E-state index in [1.54, 1.807) is 13.2 Å². The molecule has 0 aliphatic heterocycles. The Morgan fingerprint density at radius 2 is 1.83 bits per heavy atom. The average molecular weight is 349 g/mol. The van der Waals surface area contributed by atoms with Gasteiger partial charge in [0.15, 0.2) is 0 Å². The summed E-state index contributed by atoms with van der Waals surface area (Å²) in [5, 5.41) is 6.45. The largest absolute Gasteiger partial charge is 0.497 e. The minimum atomic E-state index is -0.126. The highest BCUT2D eigenvalue weighted by molar-refractivity contribution is 6.31. The van der Waals surface area contributed by atoms with Crippen LogP contribution in [0.4, 0.5) is 5.69 Å². The zero-order valence-electron chi connectivity index (χ0n) is 13.8. The fraction of sp³-hybridized carbons (Fsp3) is 0.278. The van der Waals surface area contributed by atoms with Crippen LogP contribution >= 0.6 is 11.6 Å². The van der Waals surface area contributed by atoms with Crippen molar-refractivity contribution in [1.29, 1.82) is 0 Å². The van der Waals surface area contributed by atoms with E-state index in [0.717, 1.165) is 17.1 Å². The summed E-state index contributed by atoms with van der Waals surface area (Å²) in [5.74, 6) is 1.42. The predicted octanol–water partition coefficient (Wildman–Crippen LogP) is 3.26. The van der Waals surface area contributed by atoms with Gasteiger partial charge in [0, 0.05) is 17.3 Å². The Morgan fingerprint density at radius 3 is 2.50 bits per heavy atom. The predicted molar refractivity (Wildman–Crippen MR) is 96.2 cm³/mol. The number of ether oxygens (including phenoxy) is 2. The second kappa shape index (κ2) is 9.15. The molecule has 24 heavy (non-hydrogen) atoms. The Morgan fingerprint density at radius 1 is 1.12 bits per heavy atom. The molecule has 1 amide bonds. The van der Waals surface area contributed by atoms with Crippen molar-refractivity contribution in [3.63, 3.8) is 0 Å². The Kier molecular flexibility index (Phi) is 6.90. The van der Waals surface area contributed by atoms with E-state index in [-0.39, 0.29) is 12.5 Å². The molecule has 2 aromatic carbocycles. The average Bonchev–Trinajstić information content (AvgIpc) is 2.58. The third-order valence-electron chi connectivity index (χ3n) is 3.35. The molecule has 6 heteroatoms. The number of methoxy groups -OCH3 is 1. The van der Waals surface area contributed by atoms with Gasteiger partial charge in [0.2, 0.25) is 5.91 Å². The number of amides is 1. The van der Waals surface area contributed by atoms with E-state index < -0.39 is 0 Å². The van der Waals surface area contributed by atoms with Gasteiger partial charge in [-0.2, -0.15) is 0 Å². The first-order chi connectivity index (χ1) is 11.6. The molecule has 0 unspecified atom stereocenters. The van der Waals surface area contributed by atoms with Crippen molar-refractivity contribution in [2.75, 3.05) is 32.1 Å². The maximum Gasteiger partial charge on any atom is 0.238 e. The summed E-state index contributed by atoms with van der Waals surface area (Å²) in [7, 11) is 1.62. The Balaban J connectivity index is 1.64. The number of carbonyl (C=O) groups is 1. The van der Waals surface area contributed by atoms with E-state index in [4.69, 9.17) is 21.1 Å². The van der Waals surface area contributed by atoms with Crippen LogP contribution in [0.3, 0.4) is 0 Å². The number of hydrogen-bond donors (Lipinski definition) is 2. The Bertz CT molecular complexity index is 674. The van der Waals surface area contributed by atoms with Crippen molar-refractivity contribution in [2.45, 2.75) is 6.92 Å². The van der Waals surface area contributed by atoms with Crippen LogP contribution in [-0.4, -0.2) is 32.7 Å². The van der Waals surface area contributed by atoms with Crippen LogP contribution in [-0.2, 0) is 4.79 Å². The molecular weight excluding hydrogens is 328 g/mol. The molecule has 128 valence electrons. The molecule has 5 nitrogen and oxygen atoms in total. The van der Waals surface area contributed by atoms with Crippen LogP contribution in [0.25, 0.3) is 0 Å². The molecule has 0 atom stereocenters. The molecule has 0 heterocycles. The lowest BCUT2D eigenvalue weighted by atomic mass is 10.2. The summed E-state index contributed by atoms with van der Waals surface area (Å²) in [6, 6.07) is 12.8. The fourth-order valence-electron chi connectivity index (χ4n) is 1.99. The van der Waals surface area contributed by atoms with E-state index in [9.17, 15) is 4.79 Å². The van der Waals surface area contributed by atoms with E-state index in [0.29, 0.717) is 23.9 Å². The summed E-state index contributed by atoms with van der Waals surface area (Å²) < 4.78 is 10.6. The highest BCUT2D eigenvalue weighted by Gasteiger charge is 2.03. The van der Waals surface area contributed by atoms with Gasteiger partial charge in [-0.05, 0) is 48.9 Å². The Hall–Kier alpha value is -2.24. The number of carbonyl (C=O) groups excluding carboxylic acids is 1. The molecule has 2 N–H and O–H groups in total. The van der Waals surface area contributed by atoms with Crippen molar-refractivity contribution >= 4 is 23.2 Å². The zero-order valence-corrected chi connectivity index (χ0v) is 14.5. The third kappa shape index (κ3) is 5.76. The highest BCUT2D eigenvalue weighted by Crippen LogP contribution is 2.19. The van der Waals surface area contributed by atoms with E-state index >= 15 is 0 Å². The number of hydrogen-bond acceptors (Lipinski definition) is 4. The van der Waals surface area contributed by atoms with Crippen LogP contribution < -0.4 is 20.1 Å². The van der Waals surface area contributed by atoms with E-state index in [2.05, 4.69) is 10.6 Å². The molecule has 0 bridgehead atoms. The van der Waals surface area contributed by atoms with Crippen LogP contribution in [0.15, 0.2) is 42.5 Å². The highest BCUT2D eigenvalue weighted by atomic mass is 35.5. The van der Waals surface area contributed by atoms with Gasteiger partial charge in [0.25, 0.3) is 0 Å². The molecule has 0 aliphatic rings. The fourth-order valence-corrected chi connectivity index (χ4v) is 2.17. The number of nitrogens with one attached hydrogen (secondary N) is 2. The summed E-state index contributed by atoms with van der Waals surface area (Å²) in [6.07, 6.45) is 0.